The molecule has 0 aliphatic carbocycles. The normalized spacial score (nSPS) is 15.4. The van der Waals surface area contributed by atoms with Crippen molar-refractivity contribution in [3.05, 3.63) is 29.8 Å². The van der Waals surface area contributed by atoms with Crippen LogP contribution < -0.4 is 11.1 Å². The van der Waals surface area contributed by atoms with Crippen molar-refractivity contribution in [2.75, 3.05) is 58.7 Å². The second kappa shape index (κ2) is 8.50. The van der Waals surface area contributed by atoms with Gasteiger partial charge in [-0.2, -0.15) is 0 Å². The van der Waals surface area contributed by atoms with E-state index in [9.17, 15) is 9.59 Å². The molecule has 7 heteroatoms. The summed E-state index contributed by atoms with van der Waals surface area (Å²) in [6, 6.07) is 7.01. The molecular formula is C16H24N4O3. The van der Waals surface area contributed by atoms with Crippen LogP contribution in [0.1, 0.15) is 10.4 Å². The molecule has 0 atom stereocenters. The molecule has 0 aromatic heterocycles. The topological polar surface area (TPSA) is 87.9 Å². The van der Waals surface area contributed by atoms with Gasteiger partial charge in [0.25, 0.3) is 5.91 Å². The number of carbonyl (C=O) groups is 2. The van der Waals surface area contributed by atoms with E-state index < -0.39 is 0 Å². The number of methoxy groups -OCH3 is 1. The van der Waals surface area contributed by atoms with Gasteiger partial charge in [-0.05, 0) is 18.2 Å². The summed E-state index contributed by atoms with van der Waals surface area (Å²) in [6.45, 7) is 3.97. The highest BCUT2D eigenvalue weighted by molar-refractivity contribution is 5.95. The number of amides is 2. The summed E-state index contributed by atoms with van der Waals surface area (Å²) >= 11 is 0. The quantitative estimate of drug-likeness (QED) is 0.559. The van der Waals surface area contributed by atoms with E-state index in [1.54, 1.807) is 36.3 Å². The van der Waals surface area contributed by atoms with Gasteiger partial charge in [0.1, 0.15) is 0 Å². The van der Waals surface area contributed by atoms with Crippen LogP contribution in [-0.4, -0.2) is 74.6 Å². The Kier molecular flexibility index (Phi) is 6.37. The van der Waals surface area contributed by atoms with Crippen molar-refractivity contribution in [3.8, 4) is 0 Å². The van der Waals surface area contributed by atoms with E-state index in [0.29, 0.717) is 57.1 Å². The minimum atomic E-state index is -0.0161. The molecule has 3 N–H and O–H groups in total. The van der Waals surface area contributed by atoms with Crippen molar-refractivity contribution >= 4 is 17.5 Å². The molecular weight excluding hydrogens is 296 g/mol. The minimum absolute atomic E-state index is 0.0125. The minimum Gasteiger partial charge on any atom is -0.399 e. The van der Waals surface area contributed by atoms with Gasteiger partial charge >= 0.3 is 0 Å². The van der Waals surface area contributed by atoms with Crippen LogP contribution in [0.3, 0.4) is 0 Å². The number of nitrogen functional groups attached to an aromatic ring is 1. The molecule has 0 saturated carbocycles. The van der Waals surface area contributed by atoms with Crippen LogP contribution in [0.5, 0.6) is 0 Å². The second-order valence-corrected chi connectivity index (χ2v) is 5.54. The number of nitrogens with one attached hydrogen (secondary N) is 1. The molecule has 2 amide bonds. The predicted molar refractivity (Wildman–Crippen MR) is 88.1 cm³/mol. The molecule has 1 aromatic rings. The molecule has 2 rings (SSSR count). The van der Waals surface area contributed by atoms with Gasteiger partial charge in [-0.15, -0.1) is 0 Å². The molecule has 23 heavy (non-hydrogen) atoms. The molecule has 1 aromatic carbocycles. The molecule has 1 aliphatic rings. The lowest BCUT2D eigenvalue weighted by molar-refractivity contribution is -0.122. The lowest BCUT2D eigenvalue weighted by atomic mass is 10.1. The Bertz CT molecular complexity index is 542. The number of rotatable bonds is 6. The molecule has 126 valence electrons. The summed E-state index contributed by atoms with van der Waals surface area (Å²) < 4.78 is 4.89. The highest BCUT2D eigenvalue weighted by atomic mass is 16.5. The third kappa shape index (κ3) is 5.22. The smallest absolute Gasteiger partial charge is 0.254 e. The molecule has 7 nitrogen and oxygen atoms in total. The number of hydrogen-bond donors (Lipinski definition) is 2. The number of ether oxygens (including phenoxy) is 1. The van der Waals surface area contributed by atoms with Gasteiger partial charge in [-0.3, -0.25) is 14.5 Å². The van der Waals surface area contributed by atoms with Crippen LogP contribution in [0.4, 0.5) is 5.69 Å². The zero-order valence-electron chi connectivity index (χ0n) is 13.5. The van der Waals surface area contributed by atoms with E-state index in [0.717, 1.165) is 0 Å². The van der Waals surface area contributed by atoms with Crippen molar-refractivity contribution < 1.29 is 14.3 Å². The molecule has 0 bridgehead atoms. The van der Waals surface area contributed by atoms with Crippen molar-refractivity contribution in [2.45, 2.75) is 0 Å². The Morgan fingerprint density at radius 2 is 2.00 bits per heavy atom. The summed E-state index contributed by atoms with van der Waals surface area (Å²) in [5.41, 5.74) is 6.91. The highest BCUT2D eigenvalue weighted by Gasteiger charge is 2.23. The van der Waals surface area contributed by atoms with Crippen LogP contribution in [0.2, 0.25) is 0 Å². The van der Waals surface area contributed by atoms with Crippen LogP contribution in [-0.2, 0) is 9.53 Å². The fraction of sp³-hybridized carbons (Fsp3) is 0.500. The second-order valence-electron chi connectivity index (χ2n) is 5.54. The number of anilines is 1. The number of nitrogens with two attached hydrogens (primary N) is 1. The molecule has 0 spiro atoms. The fourth-order valence-electron chi connectivity index (χ4n) is 2.51. The Hall–Kier alpha value is -2.12. The lowest BCUT2D eigenvalue weighted by Crippen LogP contribution is -2.51. The summed E-state index contributed by atoms with van der Waals surface area (Å²) in [4.78, 5) is 28.0. The summed E-state index contributed by atoms with van der Waals surface area (Å²) in [5.74, 6) is -0.0286. The Morgan fingerprint density at radius 1 is 1.26 bits per heavy atom. The summed E-state index contributed by atoms with van der Waals surface area (Å²) in [5, 5.41) is 2.80. The van der Waals surface area contributed by atoms with Gasteiger partial charge in [0.05, 0.1) is 13.2 Å². The van der Waals surface area contributed by atoms with E-state index in [-0.39, 0.29) is 11.8 Å². The molecule has 0 unspecified atom stereocenters. The monoisotopic (exact) mass is 320 g/mol. The van der Waals surface area contributed by atoms with Gasteiger partial charge in [-0.25, -0.2) is 0 Å². The third-order valence-corrected chi connectivity index (χ3v) is 3.79. The highest BCUT2D eigenvalue weighted by Crippen LogP contribution is 2.11. The van der Waals surface area contributed by atoms with E-state index in [2.05, 4.69) is 5.32 Å². The average molecular weight is 320 g/mol. The number of nitrogens with zero attached hydrogens (tertiary/aromatic N) is 2. The standard InChI is InChI=1S/C16H24N4O3/c1-23-10-5-18-15(21)12-19-6-8-20(9-7-19)16(22)13-3-2-4-14(17)11-13/h2-4,11H,5-10,12,17H2,1H3,(H,18,21). The first-order valence-corrected chi connectivity index (χ1v) is 7.73. The molecule has 1 heterocycles. The van der Waals surface area contributed by atoms with Gasteiger partial charge in [0.15, 0.2) is 0 Å². The fourth-order valence-corrected chi connectivity index (χ4v) is 2.51. The van der Waals surface area contributed by atoms with E-state index in [1.165, 1.54) is 0 Å². The maximum atomic E-state index is 12.4. The maximum absolute atomic E-state index is 12.4. The number of hydrogen-bond acceptors (Lipinski definition) is 5. The largest absolute Gasteiger partial charge is 0.399 e. The van der Waals surface area contributed by atoms with Crippen molar-refractivity contribution in [1.29, 1.82) is 0 Å². The maximum Gasteiger partial charge on any atom is 0.254 e. The predicted octanol–water partition coefficient (Wildman–Crippen LogP) is -0.211. The van der Waals surface area contributed by atoms with Gasteiger partial charge < -0.3 is 20.7 Å². The number of benzene rings is 1. The summed E-state index contributed by atoms with van der Waals surface area (Å²) in [7, 11) is 1.60. The first-order chi connectivity index (χ1) is 11.1. The summed E-state index contributed by atoms with van der Waals surface area (Å²) in [6.07, 6.45) is 0. The van der Waals surface area contributed by atoms with Gasteiger partial charge in [-0.1, -0.05) is 6.07 Å². The Labute approximate surface area is 136 Å². The third-order valence-electron chi connectivity index (χ3n) is 3.79. The zero-order valence-corrected chi connectivity index (χ0v) is 13.5. The average Bonchev–Trinajstić information content (AvgIpc) is 2.55. The SMILES string of the molecule is COCCNC(=O)CN1CCN(C(=O)c2cccc(N)c2)CC1. The van der Waals surface area contributed by atoms with E-state index in [1.807, 2.05) is 4.90 Å². The van der Waals surface area contributed by atoms with Crippen LogP contribution in [0.15, 0.2) is 24.3 Å². The van der Waals surface area contributed by atoms with Crippen molar-refractivity contribution in [2.24, 2.45) is 0 Å². The molecule has 1 aliphatic heterocycles. The zero-order chi connectivity index (χ0) is 16.7. The lowest BCUT2D eigenvalue weighted by Gasteiger charge is -2.34. The number of piperazine rings is 1. The first kappa shape index (κ1) is 17.2. The molecule has 1 saturated heterocycles. The van der Waals surface area contributed by atoms with Crippen molar-refractivity contribution in [1.82, 2.24) is 15.1 Å². The van der Waals surface area contributed by atoms with Crippen LogP contribution >= 0.6 is 0 Å². The molecule has 0 radical (unpaired) electrons. The molecule has 1 fully saturated rings. The Balaban J connectivity index is 1.77. The van der Waals surface area contributed by atoms with E-state index in [4.69, 9.17) is 10.5 Å². The van der Waals surface area contributed by atoms with E-state index >= 15 is 0 Å². The van der Waals surface area contributed by atoms with Crippen LogP contribution in [0.25, 0.3) is 0 Å². The van der Waals surface area contributed by atoms with Crippen LogP contribution in [0, 0.1) is 0 Å². The van der Waals surface area contributed by atoms with Gasteiger partial charge in [0, 0.05) is 51.1 Å². The number of carbonyl (C=O) groups excluding carboxylic acids is 2. The first-order valence-electron chi connectivity index (χ1n) is 7.73. The van der Waals surface area contributed by atoms with Gasteiger partial charge in [0.2, 0.25) is 5.91 Å². The van der Waals surface area contributed by atoms with Crippen molar-refractivity contribution in [3.63, 3.8) is 0 Å². The Morgan fingerprint density at radius 3 is 2.65 bits per heavy atom.